The zero-order valence-corrected chi connectivity index (χ0v) is 10.7. The van der Waals surface area contributed by atoms with E-state index in [2.05, 4.69) is 11.6 Å². The summed E-state index contributed by atoms with van der Waals surface area (Å²) in [4.78, 5) is 18.7. The van der Waals surface area contributed by atoms with Gasteiger partial charge in [-0.25, -0.2) is 0 Å². The van der Waals surface area contributed by atoms with E-state index in [1.807, 2.05) is 0 Å². The Hall–Kier alpha value is -2.30. The summed E-state index contributed by atoms with van der Waals surface area (Å²) in [7, 11) is 1.53. The molecule has 3 rings (SSSR count). The van der Waals surface area contributed by atoms with Crippen LogP contribution in [0.4, 0.5) is 11.4 Å². The standard InChI is InChI=1S/C14H15N3O2/c1-8-3-9-6-16-12-5-11(15)13(19-2)4-10(12)14(18)17(9)7-8/h4-6,9H,1,3,7,15H2,2H3/t9-/m1/s1. The first kappa shape index (κ1) is 11.8. The average Bonchev–Trinajstić information content (AvgIpc) is 2.71. The molecule has 19 heavy (non-hydrogen) atoms. The van der Waals surface area contributed by atoms with Gasteiger partial charge >= 0.3 is 0 Å². The van der Waals surface area contributed by atoms with Gasteiger partial charge in [0.25, 0.3) is 5.91 Å². The van der Waals surface area contributed by atoms with Gasteiger partial charge in [-0.1, -0.05) is 12.2 Å². The maximum Gasteiger partial charge on any atom is 0.257 e. The highest BCUT2D eigenvalue weighted by Gasteiger charge is 2.33. The number of amides is 1. The van der Waals surface area contributed by atoms with Crippen LogP contribution in [0.5, 0.6) is 5.75 Å². The molecule has 2 aliphatic heterocycles. The van der Waals surface area contributed by atoms with Gasteiger partial charge in [0.2, 0.25) is 0 Å². The maximum absolute atomic E-state index is 12.6. The molecular weight excluding hydrogens is 242 g/mol. The van der Waals surface area contributed by atoms with Gasteiger partial charge in [-0.15, -0.1) is 0 Å². The Morgan fingerprint density at radius 1 is 1.53 bits per heavy atom. The fourth-order valence-electron chi connectivity index (χ4n) is 2.54. The molecule has 1 aromatic rings. The number of hydrogen-bond acceptors (Lipinski definition) is 4. The Bertz CT molecular complexity index is 607. The summed E-state index contributed by atoms with van der Waals surface area (Å²) in [5.74, 6) is 0.452. The normalized spacial score (nSPS) is 21.1. The second-order valence-corrected chi connectivity index (χ2v) is 4.84. The fraction of sp³-hybridized carbons (Fsp3) is 0.286. The minimum Gasteiger partial charge on any atom is -0.495 e. The Labute approximate surface area is 111 Å². The number of nitrogens with two attached hydrogens (primary N) is 1. The molecule has 1 saturated heterocycles. The number of nitrogens with zero attached hydrogens (tertiary/aromatic N) is 2. The second-order valence-electron chi connectivity index (χ2n) is 4.84. The molecule has 2 aliphatic rings. The number of ether oxygens (including phenoxy) is 1. The second kappa shape index (κ2) is 4.12. The van der Waals surface area contributed by atoms with Crippen LogP contribution in [0.25, 0.3) is 0 Å². The molecule has 2 heterocycles. The smallest absolute Gasteiger partial charge is 0.257 e. The summed E-state index contributed by atoms with van der Waals surface area (Å²) >= 11 is 0. The first-order chi connectivity index (χ1) is 9.10. The summed E-state index contributed by atoms with van der Waals surface area (Å²) in [6.45, 7) is 4.53. The number of fused-ring (bicyclic) bond motifs is 2. The van der Waals surface area contributed by atoms with Crippen LogP contribution in [0.15, 0.2) is 29.3 Å². The predicted octanol–water partition coefficient (Wildman–Crippen LogP) is 1.76. The number of carbonyl (C=O) groups excluding carboxylic acids is 1. The van der Waals surface area contributed by atoms with Crippen molar-refractivity contribution in [2.45, 2.75) is 12.5 Å². The van der Waals surface area contributed by atoms with Crippen LogP contribution in [-0.2, 0) is 0 Å². The SMILES string of the molecule is C=C1C[C@@H]2C=Nc3cc(N)c(OC)cc3C(=O)N2C1. The van der Waals surface area contributed by atoms with Crippen LogP contribution in [0.3, 0.4) is 0 Å². The molecule has 0 radical (unpaired) electrons. The number of anilines is 1. The minimum atomic E-state index is -0.0468. The molecule has 1 amide bonds. The van der Waals surface area contributed by atoms with Crippen molar-refractivity contribution < 1.29 is 9.53 Å². The number of rotatable bonds is 1. The molecule has 0 spiro atoms. The van der Waals surface area contributed by atoms with Crippen LogP contribution in [-0.4, -0.2) is 36.7 Å². The summed E-state index contributed by atoms with van der Waals surface area (Å²) < 4.78 is 5.17. The molecule has 98 valence electrons. The van der Waals surface area contributed by atoms with Crippen molar-refractivity contribution in [1.82, 2.24) is 4.90 Å². The van der Waals surface area contributed by atoms with Crippen molar-refractivity contribution >= 4 is 23.5 Å². The van der Waals surface area contributed by atoms with E-state index in [0.29, 0.717) is 29.2 Å². The lowest BCUT2D eigenvalue weighted by atomic mass is 10.1. The molecule has 5 nitrogen and oxygen atoms in total. The van der Waals surface area contributed by atoms with E-state index in [0.717, 1.165) is 12.0 Å². The molecule has 0 saturated carbocycles. The van der Waals surface area contributed by atoms with Crippen molar-refractivity contribution in [2.24, 2.45) is 4.99 Å². The van der Waals surface area contributed by atoms with E-state index < -0.39 is 0 Å². The minimum absolute atomic E-state index is 0.000352. The highest BCUT2D eigenvalue weighted by atomic mass is 16.5. The first-order valence-corrected chi connectivity index (χ1v) is 6.09. The van der Waals surface area contributed by atoms with E-state index in [-0.39, 0.29) is 11.9 Å². The average molecular weight is 257 g/mol. The molecule has 0 aliphatic carbocycles. The molecule has 1 atom stereocenters. The van der Waals surface area contributed by atoms with Gasteiger partial charge in [-0.2, -0.15) is 0 Å². The summed E-state index contributed by atoms with van der Waals surface area (Å²) in [6, 6.07) is 3.34. The third kappa shape index (κ3) is 1.78. The predicted molar refractivity (Wildman–Crippen MR) is 74.1 cm³/mol. The van der Waals surface area contributed by atoms with Crippen LogP contribution < -0.4 is 10.5 Å². The van der Waals surface area contributed by atoms with Crippen LogP contribution in [0.2, 0.25) is 0 Å². The molecule has 0 bridgehead atoms. The van der Waals surface area contributed by atoms with E-state index in [1.165, 1.54) is 7.11 Å². The number of carbonyl (C=O) groups is 1. The molecular formula is C14H15N3O2. The van der Waals surface area contributed by atoms with Crippen molar-refractivity contribution in [2.75, 3.05) is 19.4 Å². The van der Waals surface area contributed by atoms with E-state index >= 15 is 0 Å². The van der Waals surface area contributed by atoms with Crippen LogP contribution >= 0.6 is 0 Å². The highest BCUT2D eigenvalue weighted by molar-refractivity contribution is 6.04. The zero-order chi connectivity index (χ0) is 13.6. The van der Waals surface area contributed by atoms with E-state index in [1.54, 1.807) is 23.2 Å². The number of nitrogen functional groups attached to an aromatic ring is 1. The van der Waals surface area contributed by atoms with Gasteiger partial charge in [0.1, 0.15) is 5.75 Å². The third-order valence-corrected chi connectivity index (χ3v) is 3.52. The van der Waals surface area contributed by atoms with Crippen molar-refractivity contribution in [3.8, 4) is 5.75 Å². The van der Waals surface area contributed by atoms with Crippen LogP contribution in [0.1, 0.15) is 16.8 Å². The van der Waals surface area contributed by atoms with Gasteiger partial charge in [-0.05, 0) is 18.6 Å². The molecule has 0 unspecified atom stereocenters. The largest absolute Gasteiger partial charge is 0.495 e. The number of benzene rings is 1. The molecule has 1 fully saturated rings. The maximum atomic E-state index is 12.6. The fourth-order valence-corrected chi connectivity index (χ4v) is 2.54. The summed E-state index contributed by atoms with van der Waals surface area (Å²) in [5, 5.41) is 0. The van der Waals surface area contributed by atoms with Gasteiger partial charge < -0.3 is 15.4 Å². The Balaban J connectivity index is 2.11. The molecule has 0 aromatic heterocycles. The van der Waals surface area contributed by atoms with Gasteiger partial charge in [0, 0.05) is 12.8 Å². The Kier molecular flexibility index (Phi) is 2.55. The van der Waals surface area contributed by atoms with Gasteiger partial charge in [-0.3, -0.25) is 9.79 Å². The highest BCUT2D eigenvalue weighted by Crippen LogP contribution is 2.35. The zero-order valence-electron chi connectivity index (χ0n) is 10.7. The quantitative estimate of drug-likeness (QED) is 0.615. The number of methoxy groups -OCH3 is 1. The van der Waals surface area contributed by atoms with Crippen molar-refractivity contribution in [3.63, 3.8) is 0 Å². The van der Waals surface area contributed by atoms with E-state index in [9.17, 15) is 4.79 Å². The number of aliphatic imine (C=N–C) groups is 1. The van der Waals surface area contributed by atoms with E-state index in [4.69, 9.17) is 10.5 Å². The van der Waals surface area contributed by atoms with Crippen molar-refractivity contribution in [1.29, 1.82) is 0 Å². The van der Waals surface area contributed by atoms with Crippen LogP contribution in [0, 0.1) is 0 Å². The molecule has 2 N–H and O–H groups in total. The topological polar surface area (TPSA) is 67.9 Å². The summed E-state index contributed by atoms with van der Waals surface area (Å²) in [5.41, 5.74) is 8.51. The van der Waals surface area contributed by atoms with Gasteiger partial charge in [0.15, 0.2) is 0 Å². The Morgan fingerprint density at radius 2 is 2.32 bits per heavy atom. The lowest BCUT2D eigenvalue weighted by Gasteiger charge is -2.19. The Morgan fingerprint density at radius 3 is 3.05 bits per heavy atom. The van der Waals surface area contributed by atoms with Gasteiger partial charge in [0.05, 0.1) is 30.1 Å². The third-order valence-electron chi connectivity index (χ3n) is 3.52. The molecule has 5 heteroatoms. The van der Waals surface area contributed by atoms with Crippen molar-refractivity contribution in [3.05, 3.63) is 29.8 Å². The lowest BCUT2D eigenvalue weighted by Crippen LogP contribution is -2.35. The summed E-state index contributed by atoms with van der Waals surface area (Å²) in [6.07, 6.45) is 2.57. The number of hydrogen-bond donors (Lipinski definition) is 1. The lowest BCUT2D eigenvalue weighted by molar-refractivity contribution is 0.0777. The first-order valence-electron chi connectivity index (χ1n) is 6.09. The monoisotopic (exact) mass is 257 g/mol. The molecule has 1 aromatic carbocycles.